The van der Waals surface area contributed by atoms with Crippen molar-refractivity contribution >= 4 is 23.3 Å². The van der Waals surface area contributed by atoms with Crippen molar-refractivity contribution in [2.45, 2.75) is 51.8 Å². The highest BCUT2D eigenvalue weighted by Crippen LogP contribution is 2.35. The Labute approximate surface area is 178 Å². The van der Waals surface area contributed by atoms with Crippen LogP contribution >= 0.6 is 0 Å². The Morgan fingerprint density at radius 1 is 1.23 bits per heavy atom. The molecule has 9 heteroatoms. The maximum absolute atomic E-state index is 10.4. The van der Waals surface area contributed by atoms with Crippen molar-refractivity contribution < 1.29 is 9.84 Å². The summed E-state index contributed by atoms with van der Waals surface area (Å²) >= 11 is 0. The van der Waals surface area contributed by atoms with Gasteiger partial charge in [0.2, 0.25) is 5.95 Å². The minimum Gasteiger partial charge on any atom is -0.497 e. The fourth-order valence-corrected chi connectivity index (χ4v) is 3.38. The second-order valence-electron chi connectivity index (χ2n) is 8.98. The lowest BCUT2D eigenvalue weighted by atomic mass is 10.1. The van der Waals surface area contributed by atoms with E-state index in [4.69, 9.17) is 15.6 Å². The number of nitrogens with one attached hydrogen (secondary N) is 3. The first-order chi connectivity index (χ1) is 14.1. The molecule has 0 spiro atoms. The van der Waals surface area contributed by atoms with Gasteiger partial charge in [-0.25, -0.2) is 0 Å². The molecule has 1 aromatic carbocycles. The van der Waals surface area contributed by atoms with Crippen LogP contribution in [0.25, 0.3) is 0 Å². The summed E-state index contributed by atoms with van der Waals surface area (Å²) in [5.41, 5.74) is 3.46. The SMILES string of the molecule is COc1ccc(CNc2nc(NC(C)(C)C)nc(N3CC[C@](C)(O)C3)c2NN)cc1. The molecule has 1 fully saturated rings. The molecule has 0 bridgehead atoms. The summed E-state index contributed by atoms with van der Waals surface area (Å²) in [4.78, 5) is 11.4. The van der Waals surface area contributed by atoms with E-state index in [9.17, 15) is 5.11 Å². The third kappa shape index (κ3) is 5.43. The van der Waals surface area contributed by atoms with Crippen LogP contribution in [-0.2, 0) is 6.54 Å². The van der Waals surface area contributed by atoms with Crippen molar-refractivity contribution in [2.24, 2.45) is 5.84 Å². The number of β-amino-alcohol motifs (C(OH)–C–C–N with tert-alkyl or cyclic N) is 1. The van der Waals surface area contributed by atoms with Crippen molar-refractivity contribution in [1.29, 1.82) is 0 Å². The Balaban J connectivity index is 1.92. The number of hydrogen-bond donors (Lipinski definition) is 5. The van der Waals surface area contributed by atoms with Crippen LogP contribution in [0, 0.1) is 0 Å². The van der Waals surface area contributed by atoms with Gasteiger partial charge in [0, 0.05) is 25.2 Å². The molecule has 0 saturated carbocycles. The van der Waals surface area contributed by atoms with Crippen LogP contribution in [0.2, 0.25) is 0 Å². The van der Waals surface area contributed by atoms with Crippen LogP contribution in [0.4, 0.5) is 23.3 Å². The van der Waals surface area contributed by atoms with Gasteiger partial charge < -0.3 is 30.8 Å². The minimum atomic E-state index is -0.759. The Morgan fingerprint density at radius 2 is 1.93 bits per heavy atom. The van der Waals surface area contributed by atoms with E-state index in [1.807, 2.05) is 36.1 Å². The second-order valence-corrected chi connectivity index (χ2v) is 8.98. The van der Waals surface area contributed by atoms with Crippen LogP contribution < -0.4 is 31.5 Å². The van der Waals surface area contributed by atoms with Gasteiger partial charge in [-0.3, -0.25) is 5.84 Å². The number of hydrogen-bond acceptors (Lipinski definition) is 9. The minimum absolute atomic E-state index is 0.210. The van der Waals surface area contributed by atoms with E-state index >= 15 is 0 Å². The molecule has 1 saturated heterocycles. The molecule has 3 rings (SSSR count). The average Bonchev–Trinajstić information content (AvgIpc) is 3.04. The van der Waals surface area contributed by atoms with Gasteiger partial charge in [-0.2, -0.15) is 9.97 Å². The van der Waals surface area contributed by atoms with E-state index in [0.717, 1.165) is 11.3 Å². The lowest BCUT2D eigenvalue weighted by Crippen LogP contribution is -2.32. The average molecular weight is 416 g/mol. The molecule has 1 aliphatic heterocycles. The molecule has 9 nitrogen and oxygen atoms in total. The smallest absolute Gasteiger partial charge is 0.227 e. The Morgan fingerprint density at radius 3 is 2.47 bits per heavy atom. The van der Waals surface area contributed by atoms with E-state index in [1.165, 1.54) is 0 Å². The molecule has 2 heterocycles. The molecule has 0 amide bonds. The van der Waals surface area contributed by atoms with E-state index in [-0.39, 0.29) is 5.54 Å². The lowest BCUT2D eigenvalue weighted by molar-refractivity contribution is 0.0839. The quantitative estimate of drug-likeness (QED) is 0.343. The number of nitrogens with zero attached hydrogens (tertiary/aromatic N) is 3. The summed E-state index contributed by atoms with van der Waals surface area (Å²) in [5, 5.41) is 17.1. The van der Waals surface area contributed by atoms with Crippen LogP contribution in [-0.4, -0.2) is 46.4 Å². The van der Waals surface area contributed by atoms with Crippen molar-refractivity contribution in [3.05, 3.63) is 29.8 Å². The van der Waals surface area contributed by atoms with Crippen LogP contribution in [0.15, 0.2) is 24.3 Å². The number of hydrazine groups is 1. The number of nitrogens with two attached hydrogens (primary N) is 1. The van der Waals surface area contributed by atoms with Gasteiger partial charge >= 0.3 is 0 Å². The van der Waals surface area contributed by atoms with Gasteiger partial charge in [-0.15, -0.1) is 0 Å². The van der Waals surface area contributed by atoms with Crippen LogP contribution in [0.5, 0.6) is 5.75 Å². The first-order valence-electron chi connectivity index (χ1n) is 10.1. The number of aromatic nitrogens is 2. The number of aliphatic hydroxyl groups is 1. The number of rotatable bonds is 7. The number of nitrogen functional groups attached to an aromatic ring is 1. The highest BCUT2D eigenvalue weighted by Gasteiger charge is 2.34. The zero-order chi connectivity index (χ0) is 21.9. The summed E-state index contributed by atoms with van der Waals surface area (Å²) in [6.07, 6.45) is 0.664. The van der Waals surface area contributed by atoms with Crippen molar-refractivity contribution in [3.63, 3.8) is 0 Å². The van der Waals surface area contributed by atoms with E-state index in [0.29, 0.717) is 49.3 Å². The summed E-state index contributed by atoms with van der Waals surface area (Å²) in [7, 11) is 1.65. The summed E-state index contributed by atoms with van der Waals surface area (Å²) in [6.45, 7) is 9.71. The van der Waals surface area contributed by atoms with Gasteiger partial charge in [0.25, 0.3) is 0 Å². The fourth-order valence-electron chi connectivity index (χ4n) is 3.38. The zero-order valence-corrected chi connectivity index (χ0v) is 18.4. The number of anilines is 4. The predicted octanol–water partition coefficient (Wildman–Crippen LogP) is 2.55. The summed E-state index contributed by atoms with van der Waals surface area (Å²) in [6, 6.07) is 7.83. The normalized spacial score (nSPS) is 19.0. The third-order valence-electron chi connectivity index (χ3n) is 4.89. The Kier molecular flexibility index (Phi) is 6.23. The Hall–Kier alpha value is -2.78. The third-order valence-corrected chi connectivity index (χ3v) is 4.89. The first kappa shape index (κ1) is 21.9. The maximum Gasteiger partial charge on any atom is 0.227 e. The highest BCUT2D eigenvalue weighted by atomic mass is 16.5. The molecule has 2 aromatic rings. The molecule has 6 N–H and O–H groups in total. The monoisotopic (exact) mass is 415 g/mol. The van der Waals surface area contributed by atoms with Crippen LogP contribution in [0.3, 0.4) is 0 Å². The van der Waals surface area contributed by atoms with Gasteiger partial charge in [0.1, 0.15) is 11.4 Å². The lowest BCUT2D eigenvalue weighted by Gasteiger charge is -2.26. The topological polar surface area (TPSA) is 121 Å². The van der Waals surface area contributed by atoms with E-state index in [1.54, 1.807) is 7.11 Å². The van der Waals surface area contributed by atoms with Gasteiger partial charge in [0.15, 0.2) is 11.6 Å². The molecular weight excluding hydrogens is 382 g/mol. The summed E-state index contributed by atoms with van der Waals surface area (Å²) < 4.78 is 5.22. The molecule has 1 aliphatic rings. The van der Waals surface area contributed by atoms with Gasteiger partial charge in [-0.1, -0.05) is 12.1 Å². The first-order valence-corrected chi connectivity index (χ1v) is 10.1. The largest absolute Gasteiger partial charge is 0.497 e. The standard InChI is InChI=1S/C21H33N7O2/c1-20(2,3)26-19-24-17(23-12-14-6-8-15(30-5)9-7-14)16(27-22)18(25-19)28-11-10-21(4,29)13-28/h6-9,27,29H,10-13,22H2,1-5H3,(H2,23,24,25,26)/t21-/m0/s1. The fraction of sp³-hybridized carbons (Fsp3) is 0.524. The van der Waals surface area contributed by atoms with Crippen molar-refractivity contribution in [1.82, 2.24) is 9.97 Å². The molecular formula is C21H33N7O2. The summed E-state index contributed by atoms with van der Waals surface area (Å²) in [5.74, 6) is 8.44. The molecule has 30 heavy (non-hydrogen) atoms. The number of benzene rings is 1. The molecule has 0 radical (unpaired) electrons. The number of ether oxygens (including phenoxy) is 1. The zero-order valence-electron chi connectivity index (χ0n) is 18.4. The van der Waals surface area contributed by atoms with Crippen molar-refractivity contribution in [2.75, 3.05) is 41.2 Å². The van der Waals surface area contributed by atoms with Crippen molar-refractivity contribution in [3.8, 4) is 5.75 Å². The van der Waals surface area contributed by atoms with Gasteiger partial charge in [-0.05, 0) is 51.8 Å². The molecule has 164 valence electrons. The predicted molar refractivity (Wildman–Crippen MR) is 121 cm³/mol. The van der Waals surface area contributed by atoms with E-state index < -0.39 is 5.60 Å². The molecule has 0 unspecified atom stereocenters. The highest BCUT2D eigenvalue weighted by molar-refractivity contribution is 5.79. The Bertz CT molecular complexity index is 863. The van der Waals surface area contributed by atoms with Gasteiger partial charge in [0.05, 0.1) is 12.7 Å². The molecule has 1 atom stereocenters. The number of methoxy groups -OCH3 is 1. The van der Waals surface area contributed by atoms with E-state index in [2.05, 4.69) is 41.8 Å². The molecule has 1 aromatic heterocycles. The molecule has 0 aliphatic carbocycles. The maximum atomic E-state index is 10.4. The second kappa shape index (κ2) is 8.53. The van der Waals surface area contributed by atoms with Crippen LogP contribution in [0.1, 0.15) is 39.7 Å².